The predicted octanol–water partition coefficient (Wildman–Crippen LogP) is 1.22. The maximum Gasteiger partial charge on any atom is 0.416 e. The molecule has 7 nitrogen and oxygen atoms in total. The highest BCUT2D eigenvalue weighted by Crippen LogP contribution is 2.29. The fourth-order valence-electron chi connectivity index (χ4n) is 1.99. The van der Waals surface area contributed by atoms with Crippen molar-refractivity contribution in [1.29, 1.82) is 0 Å². The molecule has 0 spiro atoms. The van der Waals surface area contributed by atoms with Gasteiger partial charge in [0.15, 0.2) is 6.10 Å². The van der Waals surface area contributed by atoms with Gasteiger partial charge in [0.2, 0.25) is 5.91 Å². The quantitative estimate of drug-likeness (QED) is 0.457. The lowest BCUT2D eigenvalue weighted by Gasteiger charge is -2.17. The number of aliphatic hydroxyl groups is 1. The molecule has 4 N–H and O–H groups in total. The predicted molar refractivity (Wildman–Crippen MR) is 87.9 cm³/mol. The average Bonchev–Trinajstić information content (AvgIpc) is 2.59. The largest absolute Gasteiger partial charge is 0.463 e. The van der Waals surface area contributed by atoms with Crippen LogP contribution in [0.2, 0.25) is 0 Å². The minimum Gasteiger partial charge on any atom is -0.463 e. The number of primary amides is 1. The average molecular weight is 388 g/mol. The van der Waals surface area contributed by atoms with Gasteiger partial charge in [-0.3, -0.25) is 9.59 Å². The number of esters is 1. The number of carbonyl (C=O) groups is 3. The van der Waals surface area contributed by atoms with Crippen molar-refractivity contribution in [3.05, 3.63) is 47.5 Å². The molecule has 2 atom stereocenters. The molecule has 0 saturated heterocycles. The number of rotatable bonds is 8. The van der Waals surface area contributed by atoms with Gasteiger partial charge in [-0.15, -0.1) is 0 Å². The van der Waals surface area contributed by atoms with E-state index in [4.69, 9.17) is 5.73 Å². The molecular weight excluding hydrogens is 369 g/mol. The Hall–Kier alpha value is -2.88. The molecule has 0 heterocycles. The van der Waals surface area contributed by atoms with E-state index in [0.29, 0.717) is 0 Å². The minimum absolute atomic E-state index is 0.0919. The van der Waals surface area contributed by atoms with Crippen molar-refractivity contribution in [3.8, 4) is 0 Å². The van der Waals surface area contributed by atoms with E-state index in [1.165, 1.54) is 6.08 Å². The number of hydrogen-bond acceptors (Lipinski definition) is 5. The first-order valence-electron chi connectivity index (χ1n) is 7.84. The van der Waals surface area contributed by atoms with Gasteiger partial charge in [0, 0.05) is 6.08 Å². The summed E-state index contributed by atoms with van der Waals surface area (Å²) in [4.78, 5) is 34.6. The summed E-state index contributed by atoms with van der Waals surface area (Å²) in [6, 6.07) is 2.12. The van der Waals surface area contributed by atoms with Crippen LogP contribution >= 0.6 is 0 Å². The van der Waals surface area contributed by atoms with E-state index in [-0.39, 0.29) is 18.6 Å². The van der Waals surface area contributed by atoms with Crippen molar-refractivity contribution in [2.24, 2.45) is 5.73 Å². The molecule has 148 valence electrons. The second kappa shape index (κ2) is 9.72. The number of hydrogen-bond donors (Lipinski definition) is 3. The number of nitrogens with two attached hydrogens (primary N) is 1. The first kappa shape index (κ1) is 22.2. The van der Waals surface area contributed by atoms with E-state index in [2.05, 4.69) is 10.1 Å². The summed E-state index contributed by atoms with van der Waals surface area (Å²) in [6.07, 6.45) is -4.17. The fourth-order valence-corrected chi connectivity index (χ4v) is 1.99. The number of benzene rings is 1. The van der Waals surface area contributed by atoms with E-state index in [1.54, 1.807) is 6.92 Å². The normalized spacial score (nSPS) is 13.8. The van der Waals surface area contributed by atoms with Crippen LogP contribution in [0.4, 0.5) is 13.2 Å². The van der Waals surface area contributed by atoms with Gasteiger partial charge in [-0.05, 0) is 31.0 Å². The van der Waals surface area contributed by atoms with Crippen LogP contribution in [0.15, 0.2) is 36.4 Å². The summed E-state index contributed by atoms with van der Waals surface area (Å²) in [6.45, 7) is 1.78. The maximum absolute atomic E-state index is 12.5. The zero-order valence-electron chi connectivity index (χ0n) is 14.3. The number of amides is 2. The number of carbonyl (C=O) groups excluding carboxylic acids is 3. The summed E-state index contributed by atoms with van der Waals surface area (Å²) in [5.74, 6) is -2.59. The summed E-state index contributed by atoms with van der Waals surface area (Å²) in [5.41, 5.74) is 4.13. The smallest absolute Gasteiger partial charge is 0.416 e. The van der Waals surface area contributed by atoms with Gasteiger partial charge in [0.05, 0.1) is 12.2 Å². The lowest BCUT2D eigenvalue weighted by Crippen LogP contribution is -2.45. The Morgan fingerprint density at radius 1 is 1.26 bits per heavy atom. The van der Waals surface area contributed by atoms with E-state index < -0.39 is 41.7 Å². The highest BCUT2D eigenvalue weighted by Gasteiger charge is 2.31. The fraction of sp³-hybridized carbons (Fsp3) is 0.353. The van der Waals surface area contributed by atoms with Gasteiger partial charge in [0.1, 0.15) is 6.04 Å². The van der Waals surface area contributed by atoms with E-state index >= 15 is 0 Å². The summed E-state index contributed by atoms with van der Waals surface area (Å²) >= 11 is 0. The third-order valence-corrected chi connectivity index (χ3v) is 3.37. The van der Waals surface area contributed by atoms with Crippen LogP contribution in [0.25, 0.3) is 0 Å². The van der Waals surface area contributed by atoms with E-state index in [0.717, 1.165) is 30.3 Å². The maximum atomic E-state index is 12.5. The molecule has 0 radical (unpaired) electrons. The highest BCUT2D eigenvalue weighted by molar-refractivity contribution is 5.89. The zero-order valence-corrected chi connectivity index (χ0v) is 14.3. The van der Waals surface area contributed by atoms with Gasteiger partial charge in [0.25, 0.3) is 5.91 Å². The van der Waals surface area contributed by atoms with Crippen LogP contribution in [0.3, 0.4) is 0 Å². The molecule has 0 aliphatic heterocycles. The molecule has 0 aliphatic carbocycles. The van der Waals surface area contributed by atoms with Gasteiger partial charge < -0.3 is 20.9 Å². The summed E-state index contributed by atoms with van der Waals surface area (Å²) in [5, 5.41) is 12.1. The molecule has 0 aromatic heterocycles. The summed E-state index contributed by atoms with van der Waals surface area (Å²) in [7, 11) is 0. The Balaban J connectivity index is 2.75. The number of nitrogens with one attached hydrogen (secondary N) is 1. The SMILES string of the molecule is CCOC(=O)/C=C/C[C@@H](NC(=O)[C@@H](O)c1ccc(C(F)(F)F)cc1)C(N)=O. The van der Waals surface area contributed by atoms with Crippen LogP contribution < -0.4 is 11.1 Å². The molecule has 27 heavy (non-hydrogen) atoms. The summed E-state index contributed by atoms with van der Waals surface area (Å²) < 4.78 is 42.2. The highest BCUT2D eigenvalue weighted by atomic mass is 19.4. The zero-order chi connectivity index (χ0) is 20.6. The molecule has 1 rings (SSSR count). The lowest BCUT2D eigenvalue weighted by molar-refractivity contribution is -0.138. The second-order valence-electron chi connectivity index (χ2n) is 5.38. The number of alkyl halides is 3. The molecule has 2 amide bonds. The molecular formula is C17H19F3N2O5. The van der Waals surface area contributed by atoms with Crippen molar-refractivity contribution in [1.82, 2.24) is 5.32 Å². The third-order valence-electron chi connectivity index (χ3n) is 3.37. The Bertz CT molecular complexity index is 702. The first-order valence-corrected chi connectivity index (χ1v) is 7.84. The monoisotopic (exact) mass is 388 g/mol. The van der Waals surface area contributed by atoms with Crippen molar-refractivity contribution >= 4 is 17.8 Å². The van der Waals surface area contributed by atoms with Crippen molar-refractivity contribution in [3.63, 3.8) is 0 Å². The van der Waals surface area contributed by atoms with Crippen LogP contribution in [0.1, 0.15) is 30.6 Å². The van der Waals surface area contributed by atoms with Crippen LogP contribution in [0, 0.1) is 0 Å². The molecule has 1 aromatic rings. The molecule has 0 bridgehead atoms. The molecule has 0 saturated carbocycles. The van der Waals surface area contributed by atoms with E-state index in [9.17, 15) is 32.7 Å². The first-order chi connectivity index (χ1) is 12.6. The van der Waals surface area contributed by atoms with Crippen molar-refractivity contribution in [2.45, 2.75) is 31.7 Å². The standard InChI is InChI=1S/C17H19F3N2O5/c1-2-27-13(23)5-3-4-12(15(21)25)22-16(26)14(24)10-6-8-11(9-7-10)17(18,19)20/h3,5-9,12,14,24H,2,4H2,1H3,(H2,21,25)(H,22,26)/b5-3+/t12-,14+/m1/s1. The molecule has 1 aromatic carbocycles. The number of aliphatic hydroxyl groups excluding tert-OH is 1. The third kappa shape index (κ3) is 7.10. The van der Waals surface area contributed by atoms with Crippen molar-refractivity contribution < 1.29 is 37.4 Å². The Morgan fingerprint density at radius 3 is 2.33 bits per heavy atom. The molecule has 0 fully saturated rings. The van der Waals surface area contributed by atoms with E-state index in [1.807, 2.05) is 0 Å². The second-order valence-corrected chi connectivity index (χ2v) is 5.38. The van der Waals surface area contributed by atoms with Crippen LogP contribution in [-0.4, -0.2) is 35.5 Å². The minimum atomic E-state index is -4.55. The Morgan fingerprint density at radius 2 is 1.85 bits per heavy atom. The topological polar surface area (TPSA) is 119 Å². The number of ether oxygens (including phenoxy) is 1. The van der Waals surface area contributed by atoms with Crippen LogP contribution in [-0.2, 0) is 25.3 Å². The van der Waals surface area contributed by atoms with Crippen molar-refractivity contribution in [2.75, 3.05) is 6.61 Å². The van der Waals surface area contributed by atoms with Gasteiger partial charge in [-0.1, -0.05) is 18.2 Å². The van der Waals surface area contributed by atoms with Gasteiger partial charge >= 0.3 is 12.1 Å². The molecule has 10 heteroatoms. The Kier molecular flexibility index (Phi) is 7.98. The molecule has 0 aliphatic rings. The van der Waals surface area contributed by atoms with Gasteiger partial charge in [-0.2, -0.15) is 13.2 Å². The van der Waals surface area contributed by atoms with Gasteiger partial charge in [-0.25, -0.2) is 4.79 Å². The molecule has 0 unspecified atom stereocenters. The lowest BCUT2D eigenvalue weighted by atomic mass is 10.1. The Labute approximate surface area is 153 Å². The number of halogens is 3. The van der Waals surface area contributed by atoms with Crippen LogP contribution in [0.5, 0.6) is 0 Å².